The highest BCUT2D eigenvalue weighted by Gasteiger charge is 2.50. The molecule has 0 saturated carbocycles. The fourth-order valence-corrected chi connectivity index (χ4v) is 7.05. The van der Waals surface area contributed by atoms with E-state index in [1.165, 1.54) is 0 Å². The molecule has 5 aromatic rings. The van der Waals surface area contributed by atoms with Crippen molar-refractivity contribution in [1.29, 1.82) is 0 Å². The molecular formula is C48H52O8. The Morgan fingerprint density at radius 2 is 0.857 bits per heavy atom. The highest BCUT2D eigenvalue weighted by Crippen LogP contribution is 2.34. The quantitative estimate of drug-likeness (QED) is 0.0828. The first-order valence-electron chi connectivity index (χ1n) is 19.6. The minimum atomic E-state index is -0.880. The molecule has 5 aromatic carbocycles. The highest BCUT2D eigenvalue weighted by molar-refractivity contribution is 5.17. The van der Waals surface area contributed by atoms with Crippen molar-refractivity contribution < 1.29 is 37.9 Å². The third-order valence-corrected chi connectivity index (χ3v) is 10.0. The van der Waals surface area contributed by atoms with E-state index < -0.39 is 42.9 Å². The second-order valence-corrected chi connectivity index (χ2v) is 14.1. The summed E-state index contributed by atoms with van der Waals surface area (Å²) in [6.07, 6.45) is -0.132. The number of ether oxygens (including phenoxy) is 8. The Morgan fingerprint density at radius 3 is 1.32 bits per heavy atom. The number of hydrogen-bond acceptors (Lipinski definition) is 8. The smallest absolute Gasteiger partial charge is 0.187 e. The molecule has 8 atom stereocenters. The molecule has 0 radical (unpaired) electrons. The van der Waals surface area contributed by atoms with Gasteiger partial charge in [0.05, 0.1) is 45.9 Å². The summed E-state index contributed by atoms with van der Waals surface area (Å²) in [5.74, 6) is 0. The van der Waals surface area contributed by atoms with Gasteiger partial charge in [-0.05, 0) is 40.3 Å². The Hall–Kier alpha value is -4.64. The van der Waals surface area contributed by atoms with Crippen molar-refractivity contribution >= 4 is 0 Å². The molecule has 8 heteroatoms. The molecule has 0 amide bonds. The Balaban J connectivity index is 1.21. The van der Waals surface area contributed by atoms with Crippen molar-refractivity contribution in [2.24, 2.45) is 0 Å². The lowest BCUT2D eigenvalue weighted by Gasteiger charge is -2.47. The van der Waals surface area contributed by atoms with E-state index in [4.69, 9.17) is 37.9 Å². The second kappa shape index (κ2) is 21.0. The van der Waals surface area contributed by atoms with Gasteiger partial charge in [-0.3, -0.25) is 0 Å². The maximum Gasteiger partial charge on any atom is 0.187 e. The number of rotatable bonds is 19. The molecule has 1 fully saturated rings. The fourth-order valence-electron chi connectivity index (χ4n) is 7.05. The van der Waals surface area contributed by atoms with E-state index in [9.17, 15) is 0 Å². The zero-order valence-corrected chi connectivity index (χ0v) is 31.9. The molecule has 0 bridgehead atoms. The molecule has 0 aromatic heterocycles. The number of hydrogen-bond donors (Lipinski definition) is 0. The topological polar surface area (TPSA) is 73.8 Å². The average Bonchev–Trinajstić information content (AvgIpc) is 3.26. The van der Waals surface area contributed by atoms with Crippen LogP contribution < -0.4 is 0 Å². The minimum absolute atomic E-state index is 0.224. The maximum absolute atomic E-state index is 7.02. The van der Waals surface area contributed by atoms with Gasteiger partial charge in [0.2, 0.25) is 0 Å². The molecule has 2 aliphatic rings. The minimum Gasteiger partial charge on any atom is -0.495 e. The summed E-state index contributed by atoms with van der Waals surface area (Å²) >= 11 is 0. The van der Waals surface area contributed by atoms with E-state index in [0.717, 1.165) is 34.2 Å². The first-order valence-corrected chi connectivity index (χ1v) is 19.6. The lowest BCUT2D eigenvalue weighted by molar-refractivity contribution is -0.340. The van der Waals surface area contributed by atoms with E-state index in [-0.39, 0.29) is 12.7 Å². The van der Waals surface area contributed by atoms with E-state index in [1.807, 2.05) is 121 Å². The normalized spacial score (nSPS) is 24.7. The zero-order chi connectivity index (χ0) is 38.2. The van der Waals surface area contributed by atoms with E-state index in [1.54, 1.807) is 6.26 Å². The summed E-state index contributed by atoms with van der Waals surface area (Å²) in [6, 6.07) is 50.6. The van der Waals surface area contributed by atoms with Crippen LogP contribution in [0.4, 0.5) is 0 Å². The largest absolute Gasteiger partial charge is 0.495 e. The SMILES string of the molecule is CCC1OC=CC(OC2OC(COCc3ccccc3)C(OCc3ccccc3)C(OCc3ccccc3)C2OCc2ccccc2)C1OCc1ccccc1. The van der Waals surface area contributed by atoms with Gasteiger partial charge >= 0.3 is 0 Å². The van der Waals surface area contributed by atoms with Gasteiger partial charge in [0.1, 0.15) is 42.7 Å². The Bertz CT molecular complexity index is 1840. The van der Waals surface area contributed by atoms with Gasteiger partial charge in [-0.2, -0.15) is 0 Å². The van der Waals surface area contributed by atoms with Crippen LogP contribution in [0.3, 0.4) is 0 Å². The van der Waals surface area contributed by atoms with Crippen LogP contribution >= 0.6 is 0 Å². The summed E-state index contributed by atoms with van der Waals surface area (Å²) < 4.78 is 53.7. The molecule has 1 saturated heterocycles. The van der Waals surface area contributed by atoms with Gasteiger partial charge in [0, 0.05) is 0 Å². The third kappa shape index (κ3) is 11.2. The highest BCUT2D eigenvalue weighted by atomic mass is 16.7. The van der Waals surface area contributed by atoms with Gasteiger partial charge in [-0.15, -0.1) is 0 Å². The van der Waals surface area contributed by atoms with E-state index >= 15 is 0 Å². The zero-order valence-electron chi connectivity index (χ0n) is 31.9. The Labute approximate surface area is 330 Å². The molecule has 7 rings (SSSR count). The van der Waals surface area contributed by atoms with Gasteiger partial charge in [0.15, 0.2) is 6.29 Å². The fraction of sp³-hybridized carbons (Fsp3) is 0.333. The van der Waals surface area contributed by atoms with Crippen molar-refractivity contribution in [2.45, 2.75) is 95.4 Å². The van der Waals surface area contributed by atoms with Crippen LogP contribution in [0.5, 0.6) is 0 Å². The predicted molar refractivity (Wildman–Crippen MR) is 214 cm³/mol. The van der Waals surface area contributed by atoms with E-state index in [0.29, 0.717) is 33.0 Å². The van der Waals surface area contributed by atoms with Crippen molar-refractivity contribution in [3.8, 4) is 0 Å². The summed E-state index contributed by atoms with van der Waals surface area (Å²) in [6.45, 7) is 4.15. The molecule has 8 unspecified atom stereocenters. The van der Waals surface area contributed by atoms with Crippen LogP contribution in [0.25, 0.3) is 0 Å². The van der Waals surface area contributed by atoms with Crippen molar-refractivity contribution in [3.63, 3.8) is 0 Å². The lowest BCUT2D eigenvalue weighted by Crippen LogP contribution is -2.63. The molecule has 0 aliphatic carbocycles. The first-order chi connectivity index (χ1) is 27.7. The lowest BCUT2D eigenvalue weighted by atomic mass is 9.97. The van der Waals surface area contributed by atoms with Crippen LogP contribution in [0, 0.1) is 0 Å². The number of benzene rings is 5. The third-order valence-electron chi connectivity index (χ3n) is 10.0. The Kier molecular flexibility index (Phi) is 14.9. The van der Waals surface area contributed by atoms with Crippen LogP contribution in [-0.2, 0) is 70.9 Å². The van der Waals surface area contributed by atoms with Gasteiger partial charge in [-0.25, -0.2) is 0 Å². The molecule has 0 N–H and O–H groups in total. The van der Waals surface area contributed by atoms with Crippen LogP contribution in [0.1, 0.15) is 41.2 Å². The molecule has 292 valence electrons. The molecule has 2 heterocycles. The molecule has 56 heavy (non-hydrogen) atoms. The summed E-state index contributed by atoms with van der Waals surface area (Å²) in [4.78, 5) is 0. The summed E-state index contributed by atoms with van der Waals surface area (Å²) in [5, 5.41) is 0. The maximum atomic E-state index is 7.02. The van der Waals surface area contributed by atoms with Gasteiger partial charge in [0.25, 0.3) is 0 Å². The standard InChI is InChI=1S/C48H52O8/c1-2-41-44(51-31-37-20-10-4-11-21-37)42(28-29-50-41)55-48-47(54-34-40-26-16-7-17-27-40)46(53-33-39-24-14-6-15-25-39)45(52-32-38-22-12-5-13-23-38)43(56-48)35-49-30-36-18-8-3-9-19-36/h3-29,41-48H,2,30-35H2,1H3. The summed E-state index contributed by atoms with van der Waals surface area (Å²) in [5.41, 5.74) is 5.22. The molecular weight excluding hydrogens is 705 g/mol. The monoisotopic (exact) mass is 756 g/mol. The van der Waals surface area contributed by atoms with E-state index in [2.05, 4.69) is 43.3 Å². The van der Waals surface area contributed by atoms with Crippen LogP contribution in [0.2, 0.25) is 0 Å². The first kappa shape index (κ1) is 39.6. The van der Waals surface area contributed by atoms with Crippen LogP contribution in [0.15, 0.2) is 164 Å². The Morgan fingerprint density at radius 1 is 0.446 bits per heavy atom. The second-order valence-electron chi connectivity index (χ2n) is 14.1. The average molecular weight is 757 g/mol. The van der Waals surface area contributed by atoms with Crippen molar-refractivity contribution in [3.05, 3.63) is 192 Å². The van der Waals surface area contributed by atoms with Gasteiger partial charge in [-0.1, -0.05) is 159 Å². The molecule has 0 spiro atoms. The predicted octanol–water partition coefficient (Wildman–Crippen LogP) is 8.98. The van der Waals surface area contributed by atoms with Crippen LogP contribution in [-0.4, -0.2) is 55.6 Å². The molecule has 8 nitrogen and oxygen atoms in total. The molecule has 2 aliphatic heterocycles. The summed E-state index contributed by atoms with van der Waals surface area (Å²) in [7, 11) is 0. The van der Waals surface area contributed by atoms with Crippen molar-refractivity contribution in [2.75, 3.05) is 6.61 Å². The van der Waals surface area contributed by atoms with Gasteiger partial charge < -0.3 is 37.9 Å². The van der Waals surface area contributed by atoms with Crippen molar-refractivity contribution in [1.82, 2.24) is 0 Å².